The molecule has 1 saturated heterocycles. The number of nitrogens with one attached hydrogen (secondary N) is 1. The monoisotopic (exact) mass is 152 g/mol. The van der Waals surface area contributed by atoms with Crippen LogP contribution in [0, 0.1) is 0 Å². The molecule has 2 heterocycles. The molecule has 1 aliphatic heterocycles. The summed E-state index contributed by atoms with van der Waals surface area (Å²) in [7, 11) is 1.98. The first-order chi connectivity index (χ1) is 5.38. The highest BCUT2D eigenvalue weighted by atomic mass is 15.3. The van der Waals surface area contributed by atoms with Crippen LogP contribution in [0.25, 0.3) is 0 Å². The molecule has 1 aromatic heterocycles. The molecule has 1 aliphatic rings. The minimum absolute atomic E-state index is 0.433. The Balaban J connectivity index is 2.21. The van der Waals surface area contributed by atoms with Gasteiger partial charge in [-0.3, -0.25) is 0 Å². The van der Waals surface area contributed by atoms with Gasteiger partial charge in [-0.1, -0.05) is 0 Å². The van der Waals surface area contributed by atoms with E-state index in [9.17, 15) is 0 Å². The number of nitrogens with zero attached hydrogens (tertiary/aromatic N) is 3. The van der Waals surface area contributed by atoms with E-state index in [-0.39, 0.29) is 0 Å². The molecule has 1 N–H and O–H groups in total. The summed E-state index contributed by atoms with van der Waals surface area (Å²) in [5.41, 5.74) is 0. The first-order valence-electron chi connectivity index (χ1n) is 3.95. The second-order valence-corrected chi connectivity index (χ2v) is 2.95. The van der Waals surface area contributed by atoms with E-state index in [1.807, 2.05) is 11.6 Å². The van der Waals surface area contributed by atoms with Crippen LogP contribution in [0.4, 0.5) is 0 Å². The van der Waals surface area contributed by atoms with E-state index < -0.39 is 0 Å². The van der Waals surface area contributed by atoms with E-state index in [0.29, 0.717) is 6.04 Å². The highest BCUT2D eigenvalue weighted by Crippen LogP contribution is 2.19. The molecular weight excluding hydrogens is 140 g/mol. The molecule has 0 radical (unpaired) electrons. The zero-order chi connectivity index (χ0) is 7.68. The van der Waals surface area contributed by atoms with Gasteiger partial charge in [0, 0.05) is 7.05 Å². The molecule has 4 nitrogen and oxygen atoms in total. The van der Waals surface area contributed by atoms with Crippen molar-refractivity contribution in [2.45, 2.75) is 18.9 Å². The van der Waals surface area contributed by atoms with Crippen molar-refractivity contribution in [2.75, 3.05) is 6.54 Å². The molecule has 11 heavy (non-hydrogen) atoms. The summed E-state index contributed by atoms with van der Waals surface area (Å²) in [6.07, 6.45) is 4.18. The van der Waals surface area contributed by atoms with Crippen LogP contribution in [0.1, 0.15) is 24.7 Å². The van der Waals surface area contributed by atoms with E-state index in [1.54, 1.807) is 6.33 Å². The minimum atomic E-state index is 0.433. The van der Waals surface area contributed by atoms with Crippen molar-refractivity contribution in [3.63, 3.8) is 0 Å². The third kappa shape index (κ3) is 1.14. The van der Waals surface area contributed by atoms with Gasteiger partial charge < -0.3 is 9.88 Å². The van der Waals surface area contributed by atoms with Gasteiger partial charge in [-0.05, 0) is 19.4 Å². The van der Waals surface area contributed by atoms with Gasteiger partial charge in [-0.2, -0.15) is 0 Å². The minimum Gasteiger partial charge on any atom is -0.319 e. The van der Waals surface area contributed by atoms with Crippen LogP contribution in [-0.2, 0) is 7.05 Å². The van der Waals surface area contributed by atoms with Crippen LogP contribution in [0.2, 0.25) is 0 Å². The van der Waals surface area contributed by atoms with Crippen molar-refractivity contribution >= 4 is 0 Å². The molecule has 1 aromatic rings. The number of rotatable bonds is 1. The maximum Gasteiger partial charge on any atom is 0.149 e. The molecular formula is C7H12N4. The largest absolute Gasteiger partial charge is 0.319 e. The molecule has 1 atom stereocenters. The second kappa shape index (κ2) is 2.62. The Bertz CT molecular complexity index is 236. The number of hydrogen-bond donors (Lipinski definition) is 1. The van der Waals surface area contributed by atoms with E-state index in [0.717, 1.165) is 12.4 Å². The van der Waals surface area contributed by atoms with E-state index >= 15 is 0 Å². The Hall–Kier alpha value is -0.900. The average Bonchev–Trinajstić information content (AvgIpc) is 2.55. The summed E-state index contributed by atoms with van der Waals surface area (Å²) in [5.74, 6) is 1.06. The first kappa shape index (κ1) is 6.79. The van der Waals surface area contributed by atoms with E-state index in [2.05, 4.69) is 15.5 Å². The van der Waals surface area contributed by atoms with Gasteiger partial charge in [-0.25, -0.2) is 0 Å². The predicted octanol–water partition coefficient (Wildman–Crippen LogP) is 0.240. The normalized spacial score (nSPS) is 24.3. The summed E-state index contributed by atoms with van der Waals surface area (Å²) in [6, 6.07) is 0.433. The van der Waals surface area contributed by atoms with Crippen molar-refractivity contribution in [3.8, 4) is 0 Å². The van der Waals surface area contributed by atoms with Crippen LogP contribution >= 0.6 is 0 Å². The Labute approximate surface area is 65.6 Å². The molecule has 0 aromatic carbocycles. The molecule has 0 saturated carbocycles. The van der Waals surface area contributed by atoms with Gasteiger partial charge in [0.1, 0.15) is 12.2 Å². The first-order valence-corrected chi connectivity index (χ1v) is 3.95. The molecule has 2 rings (SSSR count). The molecule has 1 unspecified atom stereocenters. The Morgan fingerprint density at radius 3 is 3.18 bits per heavy atom. The molecule has 4 heteroatoms. The molecule has 0 bridgehead atoms. The SMILES string of the molecule is Cn1cnnc1C1CCCN1. The van der Waals surface area contributed by atoms with Crippen LogP contribution in [0.5, 0.6) is 0 Å². The average molecular weight is 152 g/mol. The third-order valence-corrected chi connectivity index (χ3v) is 2.12. The smallest absolute Gasteiger partial charge is 0.149 e. The lowest BCUT2D eigenvalue weighted by molar-refractivity contribution is 0.577. The molecule has 1 fully saturated rings. The number of aryl methyl sites for hydroxylation is 1. The fourth-order valence-electron chi connectivity index (χ4n) is 1.51. The van der Waals surface area contributed by atoms with Crippen molar-refractivity contribution in [1.82, 2.24) is 20.1 Å². The summed E-state index contributed by atoms with van der Waals surface area (Å²) >= 11 is 0. The van der Waals surface area contributed by atoms with Gasteiger partial charge >= 0.3 is 0 Å². The van der Waals surface area contributed by atoms with Gasteiger partial charge in [-0.15, -0.1) is 10.2 Å². The zero-order valence-electron chi connectivity index (χ0n) is 6.62. The number of hydrogen-bond acceptors (Lipinski definition) is 3. The predicted molar refractivity (Wildman–Crippen MR) is 41.0 cm³/mol. The van der Waals surface area contributed by atoms with Crippen molar-refractivity contribution < 1.29 is 0 Å². The Morgan fingerprint density at radius 1 is 1.73 bits per heavy atom. The zero-order valence-corrected chi connectivity index (χ0v) is 6.62. The third-order valence-electron chi connectivity index (χ3n) is 2.12. The van der Waals surface area contributed by atoms with Crippen molar-refractivity contribution in [3.05, 3.63) is 12.2 Å². The quantitative estimate of drug-likeness (QED) is 0.626. The van der Waals surface area contributed by atoms with Crippen LogP contribution in [0.15, 0.2) is 6.33 Å². The summed E-state index contributed by atoms with van der Waals surface area (Å²) in [4.78, 5) is 0. The molecule has 0 spiro atoms. The highest BCUT2D eigenvalue weighted by Gasteiger charge is 2.19. The maximum atomic E-state index is 4.05. The second-order valence-electron chi connectivity index (χ2n) is 2.95. The lowest BCUT2D eigenvalue weighted by atomic mass is 10.2. The lowest BCUT2D eigenvalue weighted by Crippen LogP contribution is -2.16. The summed E-state index contributed by atoms with van der Waals surface area (Å²) < 4.78 is 1.98. The lowest BCUT2D eigenvalue weighted by Gasteiger charge is -2.07. The van der Waals surface area contributed by atoms with Gasteiger partial charge in [0.25, 0.3) is 0 Å². The van der Waals surface area contributed by atoms with Crippen LogP contribution in [-0.4, -0.2) is 21.3 Å². The summed E-state index contributed by atoms with van der Waals surface area (Å²) in [6.45, 7) is 1.11. The fraction of sp³-hybridized carbons (Fsp3) is 0.714. The van der Waals surface area contributed by atoms with Gasteiger partial charge in [0.05, 0.1) is 6.04 Å². The molecule has 0 aliphatic carbocycles. The summed E-state index contributed by atoms with van der Waals surface area (Å²) in [5, 5.41) is 11.3. The number of aromatic nitrogens is 3. The fourth-order valence-corrected chi connectivity index (χ4v) is 1.51. The Kier molecular flexibility index (Phi) is 1.62. The Morgan fingerprint density at radius 2 is 2.64 bits per heavy atom. The standard InChI is InChI=1S/C7H12N4/c1-11-5-9-10-7(11)6-3-2-4-8-6/h5-6,8H,2-4H2,1H3. The molecule has 60 valence electrons. The van der Waals surface area contributed by atoms with Gasteiger partial charge in [0.2, 0.25) is 0 Å². The molecule has 0 amide bonds. The topological polar surface area (TPSA) is 42.7 Å². The van der Waals surface area contributed by atoms with Crippen LogP contribution < -0.4 is 5.32 Å². The van der Waals surface area contributed by atoms with Crippen LogP contribution in [0.3, 0.4) is 0 Å². The highest BCUT2D eigenvalue weighted by molar-refractivity contribution is 4.96. The maximum absolute atomic E-state index is 4.05. The van der Waals surface area contributed by atoms with Gasteiger partial charge in [0.15, 0.2) is 0 Å². The van der Waals surface area contributed by atoms with Crippen molar-refractivity contribution in [1.29, 1.82) is 0 Å². The van der Waals surface area contributed by atoms with E-state index in [1.165, 1.54) is 12.8 Å². The van der Waals surface area contributed by atoms with E-state index in [4.69, 9.17) is 0 Å². The van der Waals surface area contributed by atoms with Crippen molar-refractivity contribution in [2.24, 2.45) is 7.05 Å².